The SMILES string of the molecule is COC(=O)CCN(CCCCCCCCCCCOCCc1ccc[n+](Cc2ccccc2)c1)C(=O)OC(C)(C)C. The molecule has 0 fully saturated rings. The Morgan fingerprint density at radius 1 is 0.780 bits per heavy atom. The third kappa shape index (κ3) is 16.8. The molecule has 0 aliphatic carbocycles. The van der Waals surface area contributed by atoms with Crippen LogP contribution in [0.15, 0.2) is 54.9 Å². The Hall–Kier alpha value is -2.93. The van der Waals surface area contributed by atoms with Crippen molar-refractivity contribution in [3.63, 3.8) is 0 Å². The number of nitrogens with zero attached hydrogens (tertiary/aromatic N) is 2. The standard InChI is InChI=1S/C34H53N2O5/c1-34(2,3)41-33(38)36(25-21-32(37)39-4)24-15-10-8-6-5-7-9-11-16-26-40-27-22-31-20-17-23-35(29-31)28-30-18-13-12-14-19-30/h12-14,17-20,23,29H,5-11,15-16,21-22,24-28H2,1-4H3/q+1. The Morgan fingerprint density at radius 3 is 2.07 bits per heavy atom. The second-order valence-electron chi connectivity index (χ2n) is 11.7. The lowest BCUT2D eigenvalue weighted by atomic mass is 10.1. The molecule has 2 rings (SSSR count). The topological polar surface area (TPSA) is 69.0 Å². The summed E-state index contributed by atoms with van der Waals surface area (Å²) in [5, 5.41) is 0. The van der Waals surface area contributed by atoms with Gasteiger partial charge in [-0.05, 0) is 39.7 Å². The lowest BCUT2D eigenvalue weighted by Crippen LogP contribution is -2.38. The summed E-state index contributed by atoms with van der Waals surface area (Å²) in [6.45, 7) is 8.97. The molecule has 0 saturated heterocycles. The highest BCUT2D eigenvalue weighted by Crippen LogP contribution is 2.13. The quantitative estimate of drug-likeness (QED) is 0.0986. The molecule has 41 heavy (non-hydrogen) atoms. The number of ether oxygens (including phenoxy) is 3. The zero-order chi connectivity index (χ0) is 29.8. The fraction of sp³-hybridized carbons (Fsp3) is 0.618. The number of hydrogen-bond donors (Lipinski definition) is 0. The smallest absolute Gasteiger partial charge is 0.410 e. The number of aromatic nitrogens is 1. The van der Waals surface area contributed by atoms with Gasteiger partial charge >= 0.3 is 12.1 Å². The van der Waals surface area contributed by atoms with Crippen LogP contribution in [0.3, 0.4) is 0 Å². The zero-order valence-electron chi connectivity index (χ0n) is 25.9. The van der Waals surface area contributed by atoms with E-state index in [1.807, 2.05) is 20.8 Å². The molecular formula is C34H53N2O5+. The van der Waals surface area contributed by atoms with Crippen molar-refractivity contribution in [1.29, 1.82) is 0 Å². The summed E-state index contributed by atoms with van der Waals surface area (Å²) in [6.07, 6.45) is 15.5. The predicted molar refractivity (Wildman–Crippen MR) is 163 cm³/mol. The minimum Gasteiger partial charge on any atom is -0.469 e. The van der Waals surface area contributed by atoms with Crippen molar-refractivity contribution in [2.24, 2.45) is 0 Å². The molecule has 1 heterocycles. The summed E-state index contributed by atoms with van der Waals surface area (Å²) in [6, 6.07) is 14.8. The van der Waals surface area contributed by atoms with Gasteiger partial charge in [0.05, 0.1) is 20.1 Å². The van der Waals surface area contributed by atoms with Gasteiger partial charge in [0, 0.05) is 43.3 Å². The van der Waals surface area contributed by atoms with Gasteiger partial charge in [-0.1, -0.05) is 75.3 Å². The first kappa shape index (κ1) is 34.3. The molecule has 1 aromatic heterocycles. The number of carbonyl (C=O) groups is 2. The maximum Gasteiger partial charge on any atom is 0.410 e. The van der Waals surface area contributed by atoms with Crippen molar-refractivity contribution in [2.75, 3.05) is 33.4 Å². The second-order valence-corrected chi connectivity index (χ2v) is 11.7. The Kier molecular flexibility index (Phi) is 16.7. The number of unbranched alkanes of at least 4 members (excludes halogenated alkanes) is 8. The fourth-order valence-corrected chi connectivity index (χ4v) is 4.60. The van der Waals surface area contributed by atoms with Crippen molar-refractivity contribution >= 4 is 12.1 Å². The molecule has 2 aromatic rings. The lowest BCUT2D eigenvalue weighted by molar-refractivity contribution is -0.688. The van der Waals surface area contributed by atoms with Gasteiger partial charge in [0.15, 0.2) is 18.9 Å². The minimum atomic E-state index is -0.554. The molecule has 0 radical (unpaired) electrons. The molecule has 0 bridgehead atoms. The molecule has 0 atom stereocenters. The number of hydrogen-bond acceptors (Lipinski definition) is 5. The van der Waals surface area contributed by atoms with Crippen LogP contribution in [0.2, 0.25) is 0 Å². The summed E-state index contributed by atoms with van der Waals surface area (Å²) in [5.41, 5.74) is 2.06. The van der Waals surface area contributed by atoms with Crippen LogP contribution < -0.4 is 4.57 Å². The van der Waals surface area contributed by atoms with E-state index >= 15 is 0 Å². The molecule has 1 aromatic carbocycles. The maximum atomic E-state index is 12.5. The Morgan fingerprint density at radius 2 is 1.41 bits per heavy atom. The molecule has 7 nitrogen and oxygen atoms in total. The number of methoxy groups -OCH3 is 1. The second kappa shape index (κ2) is 20.0. The Bertz CT molecular complexity index is 990. The molecule has 0 N–H and O–H groups in total. The van der Waals surface area contributed by atoms with Crippen LogP contribution in [0.4, 0.5) is 4.79 Å². The third-order valence-electron chi connectivity index (χ3n) is 6.84. The predicted octanol–water partition coefficient (Wildman–Crippen LogP) is 6.89. The van der Waals surface area contributed by atoms with E-state index in [0.29, 0.717) is 13.1 Å². The molecule has 7 heteroatoms. The van der Waals surface area contributed by atoms with E-state index in [1.54, 1.807) is 4.90 Å². The average Bonchev–Trinajstić information content (AvgIpc) is 2.94. The minimum absolute atomic E-state index is 0.184. The summed E-state index contributed by atoms with van der Waals surface area (Å²) in [5.74, 6) is -0.315. The molecule has 0 spiro atoms. The van der Waals surface area contributed by atoms with Crippen LogP contribution >= 0.6 is 0 Å². The van der Waals surface area contributed by atoms with Gasteiger partial charge in [-0.25, -0.2) is 9.36 Å². The normalized spacial score (nSPS) is 11.3. The van der Waals surface area contributed by atoms with E-state index in [0.717, 1.165) is 51.9 Å². The van der Waals surface area contributed by atoms with E-state index in [4.69, 9.17) is 14.2 Å². The molecule has 228 valence electrons. The third-order valence-corrected chi connectivity index (χ3v) is 6.84. The highest BCUT2D eigenvalue weighted by atomic mass is 16.6. The van der Waals surface area contributed by atoms with Gasteiger partial charge < -0.3 is 19.1 Å². The van der Waals surface area contributed by atoms with E-state index in [9.17, 15) is 9.59 Å². The first-order valence-electron chi connectivity index (χ1n) is 15.4. The monoisotopic (exact) mass is 569 g/mol. The van der Waals surface area contributed by atoms with Crippen molar-refractivity contribution < 1.29 is 28.4 Å². The van der Waals surface area contributed by atoms with Gasteiger partial charge in [0.2, 0.25) is 0 Å². The van der Waals surface area contributed by atoms with Crippen LogP contribution in [0.1, 0.15) is 96.1 Å². The van der Waals surface area contributed by atoms with Gasteiger partial charge in [-0.2, -0.15) is 0 Å². The molecular weight excluding hydrogens is 516 g/mol. The summed E-state index contributed by atoms with van der Waals surface area (Å²) in [4.78, 5) is 25.6. The molecule has 0 saturated carbocycles. The number of amides is 1. The summed E-state index contributed by atoms with van der Waals surface area (Å²) in [7, 11) is 1.36. The van der Waals surface area contributed by atoms with Crippen LogP contribution in [0.5, 0.6) is 0 Å². The van der Waals surface area contributed by atoms with Crippen molar-refractivity contribution in [3.05, 3.63) is 66.0 Å². The van der Waals surface area contributed by atoms with E-state index < -0.39 is 5.60 Å². The molecule has 0 aliphatic heterocycles. The zero-order valence-corrected chi connectivity index (χ0v) is 25.9. The van der Waals surface area contributed by atoms with Crippen LogP contribution in [-0.4, -0.2) is 56.0 Å². The number of carbonyl (C=O) groups excluding carboxylic acids is 2. The van der Waals surface area contributed by atoms with Crippen molar-refractivity contribution in [3.8, 4) is 0 Å². The molecule has 0 unspecified atom stereocenters. The Balaban J connectivity index is 1.46. The van der Waals surface area contributed by atoms with Gasteiger partial charge in [0.25, 0.3) is 0 Å². The number of pyridine rings is 1. The number of rotatable bonds is 20. The van der Waals surface area contributed by atoms with Crippen molar-refractivity contribution in [2.45, 2.75) is 104 Å². The lowest BCUT2D eigenvalue weighted by Gasteiger charge is -2.27. The highest BCUT2D eigenvalue weighted by Gasteiger charge is 2.22. The van der Waals surface area contributed by atoms with Crippen LogP contribution in [0.25, 0.3) is 0 Å². The van der Waals surface area contributed by atoms with Crippen molar-refractivity contribution in [1.82, 2.24) is 4.90 Å². The molecule has 0 aliphatic rings. The van der Waals surface area contributed by atoms with E-state index in [2.05, 4.69) is 59.4 Å². The average molecular weight is 570 g/mol. The first-order chi connectivity index (χ1) is 19.8. The fourth-order valence-electron chi connectivity index (χ4n) is 4.60. The number of esters is 1. The largest absolute Gasteiger partial charge is 0.469 e. The van der Waals surface area contributed by atoms with Gasteiger partial charge in [0.1, 0.15) is 5.60 Å². The van der Waals surface area contributed by atoms with Gasteiger partial charge in [-0.15, -0.1) is 0 Å². The Labute approximate surface area is 248 Å². The highest BCUT2D eigenvalue weighted by molar-refractivity contribution is 5.72. The maximum absolute atomic E-state index is 12.5. The van der Waals surface area contributed by atoms with E-state index in [-0.39, 0.29) is 18.5 Å². The van der Waals surface area contributed by atoms with Crippen LogP contribution in [0, 0.1) is 0 Å². The number of benzene rings is 1. The summed E-state index contributed by atoms with van der Waals surface area (Å²) >= 11 is 0. The van der Waals surface area contributed by atoms with Crippen LogP contribution in [-0.2, 0) is 32.0 Å². The van der Waals surface area contributed by atoms with E-state index in [1.165, 1.54) is 50.3 Å². The first-order valence-corrected chi connectivity index (χ1v) is 15.4. The summed E-state index contributed by atoms with van der Waals surface area (Å²) < 4.78 is 18.3. The van der Waals surface area contributed by atoms with Gasteiger partial charge in [-0.3, -0.25) is 4.79 Å². The molecule has 1 amide bonds.